The van der Waals surface area contributed by atoms with Crippen LogP contribution in [0.25, 0.3) is 0 Å². The van der Waals surface area contributed by atoms with E-state index < -0.39 is 28.1 Å². The number of nitrogens with zero attached hydrogens (tertiary/aromatic N) is 1. The van der Waals surface area contributed by atoms with Crippen LogP contribution in [-0.4, -0.2) is 43.0 Å². The van der Waals surface area contributed by atoms with Crippen molar-refractivity contribution in [1.82, 2.24) is 14.5 Å². The highest BCUT2D eigenvalue weighted by atomic mass is 35.5. The fourth-order valence-corrected chi connectivity index (χ4v) is 4.39. The van der Waals surface area contributed by atoms with Gasteiger partial charge >= 0.3 is 16.2 Å². The third kappa shape index (κ3) is 5.36. The summed E-state index contributed by atoms with van der Waals surface area (Å²) in [5.41, 5.74) is 1.84. The second kappa shape index (κ2) is 9.57. The fourth-order valence-electron chi connectivity index (χ4n) is 2.57. The van der Waals surface area contributed by atoms with Crippen molar-refractivity contribution >= 4 is 45.3 Å². The molecule has 12 heteroatoms. The summed E-state index contributed by atoms with van der Waals surface area (Å²) >= 11 is 12.1. The molecule has 1 aliphatic heterocycles. The molecular weight excluding hydrogens is 433 g/mol. The van der Waals surface area contributed by atoms with E-state index in [0.717, 1.165) is 10.5 Å². The molecular formula is C16H19Cl2N3O6S. The quantitative estimate of drug-likeness (QED) is 0.330. The summed E-state index contributed by atoms with van der Waals surface area (Å²) in [6.07, 6.45) is 1.18. The Hall–Kier alpha value is -1.85. The average molecular weight is 452 g/mol. The van der Waals surface area contributed by atoms with Crippen molar-refractivity contribution in [1.29, 1.82) is 0 Å². The normalized spacial score (nSPS) is 18.4. The zero-order chi connectivity index (χ0) is 20.9. The minimum atomic E-state index is -4.02. The number of hydrogen-bond donors (Lipinski definition) is 3. The van der Waals surface area contributed by atoms with E-state index in [2.05, 4.69) is 4.72 Å². The number of ether oxygens (including phenoxy) is 1. The van der Waals surface area contributed by atoms with E-state index in [1.165, 1.54) is 23.7 Å². The second-order valence-corrected chi connectivity index (χ2v) is 8.27. The summed E-state index contributed by atoms with van der Waals surface area (Å²) in [6, 6.07) is 3.42. The molecule has 28 heavy (non-hydrogen) atoms. The molecule has 0 fully saturated rings. The monoisotopic (exact) mass is 451 g/mol. The number of carbonyl (C=O) groups is 2. The Labute approximate surface area is 172 Å². The third-order valence-electron chi connectivity index (χ3n) is 3.86. The average Bonchev–Trinajstić information content (AvgIpc) is 2.62. The lowest BCUT2D eigenvalue weighted by Gasteiger charge is -2.32. The Balaban J connectivity index is 2.39. The number of rotatable bonds is 7. The van der Waals surface area contributed by atoms with Crippen molar-refractivity contribution < 1.29 is 28.0 Å². The Morgan fingerprint density at radius 1 is 1.36 bits per heavy atom. The minimum absolute atomic E-state index is 0.0347. The van der Waals surface area contributed by atoms with Gasteiger partial charge in [0, 0.05) is 29.2 Å². The zero-order valence-corrected chi connectivity index (χ0v) is 17.1. The first-order valence-corrected chi connectivity index (χ1v) is 10.4. The molecule has 1 atom stereocenters. The Kier molecular flexibility index (Phi) is 7.67. The molecule has 1 unspecified atom stereocenters. The number of esters is 1. The lowest BCUT2D eigenvalue weighted by atomic mass is 10.00. The van der Waals surface area contributed by atoms with Crippen LogP contribution in [0.4, 0.5) is 0 Å². The molecule has 1 aromatic rings. The minimum Gasteiger partial charge on any atom is -0.463 e. The first-order valence-electron chi connectivity index (χ1n) is 8.25. The van der Waals surface area contributed by atoms with Gasteiger partial charge < -0.3 is 4.74 Å². The van der Waals surface area contributed by atoms with E-state index in [0.29, 0.717) is 10.6 Å². The van der Waals surface area contributed by atoms with Gasteiger partial charge in [0.1, 0.15) is 0 Å². The van der Waals surface area contributed by atoms with E-state index in [9.17, 15) is 18.0 Å². The van der Waals surface area contributed by atoms with E-state index in [1.807, 2.05) is 0 Å². The lowest BCUT2D eigenvalue weighted by Crippen LogP contribution is -2.46. The van der Waals surface area contributed by atoms with Crippen LogP contribution >= 0.6 is 23.2 Å². The maximum atomic E-state index is 12.6. The smallest absolute Gasteiger partial charge is 0.337 e. The van der Waals surface area contributed by atoms with Crippen LogP contribution < -0.4 is 10.2 Å². The Bertz CT molecular complexity index is 890. The summed E-state index contributed by atoms with van der Waals surface area (Å²) in [4.78, 5) is 23.5. The molecule has 1 amide bonds. The molecule has 2 rings (SSSR count). The molecule has 0 spiro atoms. The number of benzene rings is 1. The van der Waals surface area contributed by atoms with Crippen molar-refractivity contribution in [2.75, 3.05) is 13.2 Å². The molecule has 0 saturated carbocycles. The van der Waals surface area contributed by atoms with Crippen LogP contribution in [0, 0.1) is 0 Å². The fraction of sp³-hybridized carbons (Fsp3) is 0.375. The van der Waals surface area contributed by atoms with Gasteiger partial charge in [0.25, 0.3) is 0 Å². The highest BCUT2D eigenvalue weighted by Crippen LogP contribution is 2.34. The SMILES string of the molecule is CCOC(=O)C1=CN(CCCC(=O)NO)S(=O)(=O)NC1c1ccc(Cl)cc1Cl. The van der Waals surface area contributed by atoms with Crippen LogP contribution in [0.1, 0.15) is 31.4 Å². The number of amides is 1. The zero-order valence-electron chi connectivity index (χ0n) is 14.8. The first kappa shape index (κ1) is 22.4. The van der Waals surface area contributed by atoms with E-state index in [4.69, 9.17) is 33.1 Å². The second-order valence-electron chi connectivity index (χ2n) is 5.78. The highest BCUT2D eigenvalue weighted by molar-refractivity contribution is 7.87. The van der Waals surface area contributed by atoms with Crippen molar-refractivity contribution in [2.45, 2.75) is 25.8 Å². The summed E-state index contributed by atoms with van der Waals surface area (Å²) in [5.74, 6) is -1.36. The lowest BCUT2D eigenvalue weighted by molar-refractivity contribution is -0.139. The topological polar surface area (TPSA) is 125 Å². The highest BCUT2D eigenvalue weighted by Gasteiger charge is 2.37. The van der Waals surface area contributed by atoms with E-state index >= 15 is 0 Å². The van der Waals surface area contributed by atoms with Crippen molar-refractivity contribution in [3.63, 3.8) is 0 Å². The third-order valence-corrected chi connectivity index (χ3v) is 5.86. The summed E-state index contributed by atoms with van der Waals surface area (Å²) < 4.78 is 33.6. The summed E-state index contributed by atoms with van der Waals surface area (Å²) in [5, 5.41) is 9.06. The van der Waals surface area contributed by atoms with Gasteiger partial charge in [0.05, 0.1) is 18.2 Å². The predicted octanol–water partition coefficient (Wildman–Crippen LogP) is 1.92. The van der Waals surface area contributed by atoms with Gasteiger partial charge in [-0.2, -0.15) is 13.1 Å². The molecule has 1 aliphatic rings. The van der Waals surface area contributed by atoms with Gasteiger partial charge in [-0.1, -0.05) is 29.3 Å². The van der Waals surface area contributed by atoms with Gasteiger partial charge in [-0.25, -0.2) is 10.3 Å². The maximum Gasteiger partial charge on any atom is 0.337 e. The van der Waals surface area contributed by atoms with Crippen LogP contribution in [-0.2, 0) is 24.5 Å². The van der Waals surface area contributed by atoms with Crippen molar-refractivity contribution in [3.8, 4) is 0 Å². The largest absolute Gasteiger partial charge is 0.463 e. The number of halogens is 2. The van der Waals surface area contributed by atoms with Gasteiger partial charge in [-0.15, -0.1) is 0 Å². The Morgan fingerprint density at radius 3 is 2.68 bits per heavy atom. The van der Waals surface area contributed by atoms with Gasteiger partial charge in [-0.3, -0.25) is 14.3 Å². The van der Waals surface area contributed by atoms with E-state index in [1.54, 1.807) is 6.92 Å². The molecule has 0 aliphatic carbocycles. The molecule has 1 heterocycles. The molecule has 0 radical (unpaired) electrons. The van der Waals surface area contributed by atoms with Crippen LogP contribution in [0.3, 0.4) is 0 Å². The standard InChI is InChI=1S/C16H19Cl2N3O6S/c1-2-27-16(23)12-9-21(7-3-4-14(22)19-24)28(25,26)20-15(12)11-6-5-10(17)8-13(11)18/h5-6,8-9,15,20,24H,2-4,7H2,1H3,(H,19,22). The van der Waals surface area contributed by atoms with Gasteiger partial charge in [0.2, 0.25) is 5.91 Å². The number of carbonyl (C=O) groups excluding carboxylic acids is 2. The number of nitrogens with one attached hydrogen (secondary N) is 2. The van der Waals surface area contributed by atoms with Crippen molar-refractivity contribution in [2.24, 2.45) is 0 Å². The van der Waals surface area contributed by atoms with E-state index in [-0.39, 0.29) is 36.6 Å². The Morgan fingerprint density at radius 2 is 2.07 bits per heavy atom. The molecule has 1 aromatic carbocycles. The van der Waals surface area contributed by atoms with Crippen molar-refractivity contribution in [3.05, 3.63) is 45.6 Å². The maximum absolute atomic E-state index is 12.6. The van der Waals surface area contributed by atoms with Gasteiger partial charge in [0.15, 0.2) is 0 Å². The predicted molar refractivity (Wildman–Crippen MR) is 102 cm³/mol. The van der Waals surface area contributed by atoms with Gasteiger partial charge in [-0.05, 0) is 31.0 Å². The summed E-state index contributed by atoms with van der Waals surface area (Å²) in [7, 11) is -4.02. The van der Waals surface area contributed by atoms with Crippen LogP contribution in [0.15, 0.2) is 30.0 Å². The van der Waals surface area contributed by atoms with Crippen LogP contribution in [0.2, 0.25) is 10.0 Å². The molecule has 0 aromatic heterocycles. The molecule has 3 N–H and O–H groups in total. The molecule has 0 bridgehead atoms. The van der Waals surface area contributed by atoms with Crippen LogP contribution in [0.5, 0.6) is 0 Å². The molecule has 9 nitrogen and oxygen atoms in total. The summed E-state index contributed by atoms with van der Waals surface area (Å²) in [6.45, 7) is 1.63. The number of hydrogen-bond acceptors (Lipinski definition) is 6. The first-order chi connectivity index (χ1) is 13.2. The number of hydroxylamine groups is 1. The molecule has 154 valence electrons. The molecule has 0 saturated heterocycles.